The minimum Gasteiger partial charge on any atom is -0.484 e. The van der Waals surface area contributed by atoms with Crippen molar-refractivity contribution in [2.24, 2.45) is 0 Å². The van der Waals surface area contributed by atoms with Gasteiger partial charge >= 0.3 is 0 Å². The Morgan fingerprint density at radius 1 is 1.21 bits per heavy atom. The molecule has 8 heteroatoms. The Labute approximate surface area is 167 Å². The highest BCUT2D eigenvalue weighted by molar-refractivity contribution is 5.93. The smallest absolute Gasteiger partial charge is 0.262 e. The fraction of sp³-hybridized carbons (Fsp3) is 0.238. The van der Waals surface area contributed by atoms with Crippen molar-refractivity contribution in [1.82, 2.24) is 14.8 Å². The molecule has 0 radical (unpaired) electrons. The van der Waals surface area contributed by atoms with Gasteiger partial charge < -0.3 is 10.1 Å². The number of fused-ring (bicyclic) bond motifs is 1. The third-order valence-electron chi connectivity index (χ3n) is 4.88. The molecule has 0 saturated carbocycles. The summed E-state index contributed by atoms with van der Waals surface area (Å²) < 4.78 is 7.30. The summed E-state index contributed by atoms with van der Waals surface area (Å²) in [7, 11) is 0. The second-order valence-corrected chi connectivity index (χ2v) is 6.97. The van der Waals surface area contributed by atoms with Gasteiger partial charge in [0, 0.05) is 5.69 Å². The number of carbonyl (C=O) groups excluding carboxylic acids is 2. The van der Waals surface area contributed by atoms with Crippen molar-refractivity contribution in [3.63, 3.8) is 0 Å². The van der Waals surface area contributed by atoms with Gasteiger partial charge in [0.25, 0.3) is 5.91 Å². The summed E-state index contributed by atoms with van der Waals surface area (Å²) >= 11 is 0. The van der Waals surface area contributed by atoms with Crippen LogP contribution in [0.4, 0.5) is 11.6 Å². The molecule has 2 heterocycles. The lowest BCUT2D eigenvalue weighted by Gasteiger charge is -2.23. The first kappa shape index (κ1) is 18.7. The number of nitrogens with one attached hydrogen (secondary N) is 2. The molecule has 0 fully saturated rings. The largest absolute Gasteiger partial charge is 0.484 e. The van der Waals surface area contributed by atoms with Crippen LogP contribution in [0.1, 0.15) is 29.2 Å². The molecule has 0 aliphatic carbocycles. The van der Waals surface area contributed by atoms with E-state index in [2.05, 4.69) is 20.7 Å². The molecule has 1 atom stereocenters. The molecule has 0 saturated heterocycles. The highest BCUT2D eigenvalue weighted by Gasteiger charge is 2.27. The predicted octanol–water partition coefficient (Wildman–Crippen LogP) is 2.84. The van der Waals surface area contributed by atoms with Crippen molar-refractivity contribution in [3.05, 3.63) is 65.5 Å². The van der Waals surface area contributed by atoms with E-state index >= 15 is 0 Å². The number of hydrogen-bond acceptors (Lipinski definition) is 5. The van der Waals surface area contributed by atoms with E-state index in [4.69, 9.17) is 4.74 Å². The van der Waals surface area contributed by atoms with E-state index in [1.165, 1.54) is 6.33 Å². The van der Waals surface area contributed by atoms with Crippen LogP contribution in [0.2, 0.25) is 0 Å². The first-order valence-corrected chi connectivity index (χ1v) is 9.29. The number of amides is 2. The monoisotopic (exact) mass is 391 g/mol. The first-order valence-electron chi connectivity index (χ1n) is 9.29. The highest BCUT2D eigenvalue weighted by atomic mass is 16.5. The third-order valence-corrected chi connectivity index (χ3v) is 4.88. The molecule has 0 unspecified atom stereocenters. The fourth-order valence-electron chi connectivity index (χ4n) is 3.39. The van der Waals surface area contributed by atoms with E-state index in [9.17, 15) is 9.59 Å². The molecule has 2 aromatic carbocycles. The Balaban J connectivity index is 1.39. The summed E-state index contributed by atoms with van der Waals surface area (Å²) in [6, 6.07) is 12.9. The number of nitrogens with zero attached hydrogens (tertiary/aromatic N) is 3. The van der Waals surface area contributed by atoms with Crippen LogP contribution in [0.15, 0.2) is 48.8 Å². The standard InChI is InChI=1S/C21H21N5O3/c1-13-4-3-5-14(2)20(13)24-19(28)11-29-16-8-6-15(7-9-16)17-10-18(27)25-21-22-12-23-26(17)21/h3-9,12,17H,10-11H2,1-2H3,(H,24,28)(H,22,23,25,27)/t17-/m1/s1. The highest BCUT2D eigenvalue weighted by Crippen LogP contribution is 2.29. The number of anilines is 2. The SMILES string of the molecule is Cc1cccc(C)c1NC(=O)COc1ccc([C@H]2CC(=O)Nc3ncnn32)cc1. The summed E-state index contributed by atoms with van der Waals surface area (Å²) in [5, 5.41) is 9.78. The van der Waals surface area contributed by atoms with Gasteiger partial charge in [0.05, 0.1) is 12.5 Å². The van der Waals surface area contributed by atoms with E-state index in [0.717, 1.165) is 22.4 Å². The first-order chi connectivity index (χ1) is 14.0. The molecule has 0 spiro atoms. The van der Waals surface area contributed by atoms with Crippen molar-refractivity contribution in [2.75, 3.05) is 17.2 Å². The molecule has 4 rings (SSSR count). The second kappa shape index (κ2) is 7.75. The average molecular weight is 391 g/mol. The molecular formula is C21H21N5O3. The average Bonchev–Trinajstić information content (AvgIpc) is 3.17. The molecule has 0 bridgehead atoms. The van der Waals surface area contributed by atoms with Gasteiger partial charge in [-0.1, -0.05) is 30.3 Å². The number of aromatic nitrogens is 3. The molecule has 1 aliphatic rings. The summed E-state index contributed by atoms with van der Waals surface area (Å²) in [5.74, 6) is 0.695. The summed E-state index contributed by atoms with van der Waals surface area (Å²) in [6.45, 7) is 3.81. The Hall–Kier alpha value is -3.68. The van der Waals surface area contributed by atoms with Crippen molar-refractivity contribution in [1.29, 1.82) is 0 Å². The quantitative estimate of drug-likeness (QED) is 0.697. The van der Waals surface area contributed by atoms with E-state index in [1.807, 2.05) is 44.2 Å². The molecule has 2 amide bonds. The van der Waals surface area contributed by atoms with Gasteiger partial charge in [-0.25, -0.2) is 4.68 Å². The van der Waals surface area contributed by atoms with Gasteiger partial charge in [0.2, 0.25) is 11.9 Å². The van der Waals surface area contributed by atoms with Crippen LogP contribution in [0.3, 0.4) is 0 Å². The maximum Gasteiger partial charge on any atom is 0.262 e. The van der Waals surface area contributed by atoms with Gasteiger partial charge in [0.15, 0.2) is 6.61 Å². The van der Waals surface area contributed by atoms with Crippen LogP contribution in [-0.2, 0) is 9.59 Å². The van der Waals surface area contributed by atoms with Crippen molar-refractivity contribution in [3.8, 4) is 5.75 Å². The van der Waals surface area contributed by atoms with E-state index in [1.54, 1.807) is 16.8 Å². The molecule has 148 valence electrons. The Bertz CT molecular complexity index is 1040. The lowest BCUT2D eigenvalue weighted by molar-refractivity contribution is -0.118. The van der Waals surface area contributed by atoms with Gasteiger partial charge in [0.1, 0.15) is 12.1 Å². The van der Waals surface area contributed by atoms with Crippen molar-refractivity contribution >= 4 is 23.5 Å². The van der Waals surface area contributed by atoms with Crippen molar-refractivity contribution in [2.45, 2.75) is 26.3 Å². The minimum atomic E-state index is -0.220. The number of carbonyl (C=O) groups is 2. The lowest BCUT2D eigenvalue weighted by Crippen LogP contribution is -2.29. The molecule has 1 aromatic heterocycles. The van der Waals surface area contributed by atoms with Gasteiger partial charge in [-0.05, 0) is 42.7 Å². The second-order valence-electron chi connectivity index (χ2n) is 6.97. The zero-order valence-electron chi connectivity index (χ0n) is 16.2. The molecular weight excluding hydrogens is 370 g/mol. The molecule has 3 aromatic rings. The normalized spacial score (nSPS) is 15.4. The van der Waals surface area contributed by atoms with E-state index in [0.29, 0.717) is 11.7 Å². The molecule has 29 heavy (non-hydrogen) atoms. The number of rotatable bonds is 5. The van der Waals surface area contributed by atoms with E-state index < -0.39 is 0 Å². The maximum atomic E-state index is 12.2. The van der Waals surface area contributed by atoms with Crippen LogP contribution in [0.25, 0.3) is 0 Å². The summed E-state index contributed by atoms with van der Waals surface area (Å²) in [5.41, 5.74) is 3.74. The number of para-hydroxylation sites is 1. The van der Waals surface area contributed by atoms with Crippen LogP contribution in [0, 0.1) is 13.8 Å². The van der Waals surface area contributed by atoms with Crippen molar-refractivity contribution < 1.29 is 14.3 Å². The van der Waals surface area contributed by atoms with Crippen LogP contribution in [-0.4, -0.2) is 33.2 Å². The number of hydrogen-bond donors (Lipinski definition) is 2. The molecule has 1 aliphatic heterocycles. The summed E-state index contributed by atoms with van der Waals surface area (Å²) in [6.07, 6.45) is 1.70. The van der Waals surface area contributed by atoms with Gasteiger partial charge in [-0.3, -0.25) is 14.9 Å². The van der Waals surface area contributed by atoms with Gasteiger partial charge in [-0.2, -0.15) is 10.1 Å². The Kier molecular flexibility index (Phi) is 4.99. The molecule has 8 nitrogen and oxygen atoms in total. The summed E-state index contributed by atoms with van der Waals surface area (Å²) in [4.78, 5) is 28.2. The zero-order chi connectivity index (χ0) is 20.4. The number of benzene rings is 2. The third kappa shape index (κ3) is 3.96. The minimum absolute atomic E-state index is 0.0911. The van der Waals surface area contributed by atoms with Crippen LogP contribution in [0.5, 0.6) is 5.75 Å². The Morgan fingerprint density at radius 2 is 1.93 bits per heavy atom. The lowest BCUT2D eigenvalue weighted by atomic mass is 10.0. The molecule has 2 N–H and O–H groups in total. The number of ether oxygens (including phenoxy) is 1. The number of aryl methyl sites for hydroxylation is 2. The van der Waals surface area contributed by atoms with Crippen LogP contribution >= 0.6 is 0 Å². The van der Waals surface area contributed by atoms with Gasteiger partial charge in [-0.15, -0.1) is 0 Å². The predicted molar refractivity (Wildman–Crippen MR) is 108 cm³/mol. The topological polar surface area (TPSA) is 98.1 Å². The fourth-order valence-corrected chi connectivity index (χ4v) is 3.39. The van der Waals surface area contributed by atoms with E-state index in [-0.39, 0.29) is 30.9 Å². The van der Waals surface area contributed by atoms with Crippen LogP contribution < -0.4 is 15.4 Å². The maximum absolute atomic E-state index is 12.2. The zero-order valence-corrected chi connectivity index (χ0v) is 16.2. The Morgan fingerprint density at radius 3 is 2.66 bits per heavy atom.